The second kappa shape index (κ2) is 4.77. The van der Waals surface area contributed by atoms with Crippen LogP contribution in [-0.4, -0.2) is 6.16 Å². The van der Waals surface area contributed by atoms with Gasteiger partial charge in [0.1, 0.15) is 0 Å². The van der Waals surface area contributed by atoms with Crippen molar-refractivity contribution >= 4 is 13.9 Å². The molecule has 0 aliphatic carbocycles. The van der Waals surface area contributed by atoms with Gasteiger partial charge in [-0.2, -0.15) is 0 Å². The highest BCUT2D eigenvalue weighted by Crippen LogP contribution is 2.18. The van der Waals surface area contributed by atoms with Crippen molar-refractivity contribution in [3.05, 3.63) is 28.8 Å². The second-order valence-electron chi connectivity index (χ2n) is 3.61. The zero-order valence-electron chi connectivity index (χ0n) is 9.07. The van der Waals surface area contributed by atoms with Gasteiger partial charge in [-0.25, -0.2) is 0 Å². The summed E-state index contributed by atoms with van der Waals surface area (Å²) in [5.41, 5.74) is 4.40. The highest BCUT2D eigenvalue weighted by molar-refractivity contribution is 7.47. The summed E-state index contributed by atoms with van der Waals surface area (Å²) in [4.78, 5) is 0. The van der Waals surface area contributed by atoms with E-state index in [9.17, 15) is 0 Å². The van der Waals surface area contributed by atoms with E-state index in [2.05, 4.69) is 39.8 Å². The van der Waals surface area contributed by atoms with Gasteiger partial charge in [0.25, 0.3) is 0 Å². The summed E-state index contributed by atoms with van der Waals surface area (Å²) in [5.74, 6) is 0. The summed E-state index contributed by atoms with van der Waals surface area (Å²) in [6, 6.07) is 4.55. The van der Waals surface area contributed by atoms with E-state index in [1.165, 1.54) is 29.3 Å². The van der Waals surface area contributed by atoms with Crippen LogP contribution < -0.4 is 5.30 Å². The minimum atomic E-state index is 0.996. The largest absolute Gasteiger partial charge is 0.0901 e. The van der Waals surface area contributed by atoms with Crippen LogP contribution in [0.1, 0.15) is 30.0 Å². The molecule has 1 aromatic rings. The zero-order valence-corrected chi connectivity index (χ0v) is 10.1. The minimum Gasteiger partial charge on any atom is -0.0901 e. The molecule has 0 fully saturated rings. The van der Waals surface area contributed by atoms with Gasteiger partial charge in [-0.15, -0.1) is 0 Å². The van der Waals surface area contributed by atoms with E-state index in [1.807, 2.05) is 0 Å². The van der Waals surface area contributed by atoms with Crippen molar-refractivity contribution in [2.75, 3.05) is 6.16 Å². The molecule has 1 aromatic carbocycles. The fourth-order valence-electron chi connectivity index (χ4n) is 1.41. The van der Waals surface area contributed by atoms with Gasteiger partial charge in [0.2, 0.25) is 0 Å². The smallest absolute Gasteiger partial charge is 0.0240 e. The normalized spacial score (nSPS) is 11.4. The third-order valence-corrected chi connectivity index (χ3v) is 4.30. The molecule has 1 rings (SSSR count). The van der Waals surface area contributed by atoms with Crippen LogP contribution in [-0.2, 0) is 0 Å². The molecular formula is C12H19P. The summed E-state index contributed by atoms with van der Waals surface area (Å²) in [5, 5.41) is 1.56. The Balaban J connectivity index is 2.90. The van der Waals surface area contributed by atoms with Crippen LogP contribution in [0.25, 0.3) is 0 Å². The van der Waals surface area contributed by atoms with E-state index >= 15 is 0 Å². The molecule has 1 atom stereocenters. The predicted molar refractivity (Wildman–Crippen MR) is 63.8 cm³/mol. The molecule has 0 saturated carbocycles. The van der Waals surface area contributed by atoms with E-state index < -0.39 is 0 Å². The molecule has 0 bridgehead atoms. The van der Waals surface area contributed by atoms with E-state index in [4.69, 9.17) is 0 Å². The van der Waals surface area contributed by atoms with Crippen molar-refractivity contribution in [2.45, 2.75) is 34.1 Å². The lowest BCUT2D eigenvalue weighted by molar-refractivity contribution is 1.10. The van der Waals surface area contributed by atoms with Gasteiger partial charge in [-0.1, -0.05) is 34.1 Å². The van der Waals surface area contributed by atoms with Crippen LogP contribution >= 0.6 is 8.58 Å². The molecular weight excluding hydrogens is 175 g/mol. The predicted octanol–water partition coefficient (Wildman–Crippen LogP) is 3.33. The van der Waals surface area contributed by atoms with E-state index in [1.54, 1.807) is 5.30 Å². The zero-order chi connectivity index (χ0) is 9.84. The van der Waals surface area contributed by atoms with Crippen LogP contribution in [0.5, 0.6) is 0 Å². The van der Waals surface area contributed by atoms with E-state index in [0.717, 1.165) is 8.58 Å². The highest BCUT2D eigenvalue weighted by Gasteiger charge is 2.02. The van der Waals surface area contributed by atoms with Crippen molar-refractivity contribution in [2.24, 2.45) is 0 Å². The first-order valence-corrected chi connectivity index (χ1v) is 6.18. The molecule has 0 spiro atoms. The van der Waals surface area contributed by atoms with Gasteiger partial charge in [0.15, 0.2) is 0 Å². The molecule has 0 aromatic heterocycles. The maximum atomic E-state index is 2.30. The first kappa shape index (κ1) is 10.7. The summed E-state index contributed by atoms with van der Waals surface area (Å²) in [6.07, 6.45) is 2.63. The fraction of sp³-hybridized carbons (Fsp3) is 0.500. The molecule has 1 heteroatoms. The lowest BCUT2D eigenvalue weighted by atomic mass is 10.1. The molecule has 0 nitrogen and oxygen atoms in total. The number of benzene rings is 1. The number of hydrogen-bond acceptors (Lipinski definition) is 0. The Morgan fingerprint density at radius 1 is 1.08 bits per heavy atom. The van der Waals surface area contributed by atoms with Crippen LogP contribution in [0.4, 0.5) is 0 Å². The van der Waals surface area contributed by atoms with Crippen molar-refractivity contribution in [3.63, 3.8) is 0 Å². The average Bonchev–Trinajstić information content (AvgIpc) is 2.13. The average molecular weight is 194 g/mol. The fourth-order valence-corrected chi connectivity index (χ4v) is 2.58. The maximum Gasteiger partial charge on any atom is -0.0240 e. The third-order valence-electron chi connectivity index (χ3n) is 2.62. The molecule has 0 saturated heterocycles. The summed E-state index contributed by atoms with van der Waals surface area (Å²) >= 11 is 0. The van der Waals surface area contributed by atoms with Crippen molar-refractivity contribution in [1.82, 2.24) is 0 Å². The first-order chi connectivity index (χ1) is 6.16. The highest BCUT2D eigenvalue weighted by atomic mass is 31.1. The number of aryl methyl sites for hydroxylation is 1. The Labute approximate surface area is 83.5 Å². The van der Waals surface area contributed by atoms with Crippen molar-refractivity contribution in [1.29, 1.82) is 0 Å². The Kier molecular flexibility index (Phi) is 3.93. The van der Waals surface area contributed by atoms with Crippen molar-refractivity contribution < 1.29 is 0 Å². The molecule has 0 aliphatic rings. The SMILES string of the molecule is CCCPc1ccc(C)c(C)c1C. The Morgan fingerprint density at radius 3 is 2.38 bits per heavy atom. The second-order valence-corrected chi connectivity index (χ2v) is 5.00. The third kappa shape index (κ3) is 2.54. The quantitative estimate of drug-likeness (QED) is 0.647. The first-order valence-electron chi connectivity index (χ1n) is 4.97. The molecule has 0 heterocycles. The minimum absolute atomic E-state index is 0.996. The van der Waals surface area contributed by atoms with Crippen LogP contribution in [0.15, 0.2) is 12.1 Å². The van der Waals surface area contributed by atoms with Gasteiger partial charge in [0.05, 0.1) is 0 Å². The van der Waals surface area contributed by atoms with Crippen molar-refractivity contribution in [3.8, 4) is 0 Å². The molecule has 0 amide bonds. The topological polar surface area (TPSA) is 0 Å². The molecule has 13 heavy (non-hydrogen) atoms. The maximum absolute atomic E-state index is 2.30. The van der Waals surface area contributed by atoms with Crippen LogP contribution in [0, 0.1) is 20.8 Å². The van der Waals surface area contributed by atoms with Gasteiger partial charge in [0, 0.05) is 0 Å². The van der Waals surface area contributed by atoms with Gasteiger partial charge >= 0.3 is 0 Å². The molecule has 0 radical (unpaired) electrons. The van der Waals surface area contributed by atoms with Gasteiger partial charge in [-0.3, -0.25) is 0 Å². The van der Waals surface area contributed by atoms with Crippen LogP contribution in [0.3, 0.4) is 0 Å². The lowest BCUT2D eigenvalue weighted by Crippen LogP contribution is -2.04. The molecule has 0 aliphatic heterocycles. The molecule has 0 N–H and O–H groups in total. The summed E-state index contributed by atoms with van der Waals surface area (Å²) < 4.78 is 0. The molecule has 72 valence electrons. The molecule has 1 unspecified atom stereocenters. The van der Waals surface area contributed by atoms with Crippen LogP contribution in [0.2, 0.25) is 0 Å². The van der Waals surface area contributed by atoms with E-state index in [-0.39, 0.29) is 0 Å². The van der Waals surface area contributed by atoms with Gasteiger partial charge in [-0.05, 0) is 48.9 Å². The summed E-state index contributed by atoms with van der Waals surface area (Å²) in [7, 11) is 0.996. The van der Waals surface area contributed by atoms with E-state index in [0.29, 0.717) is 0 Å². The Bertz CT molecular complexity index is 289. The Morgan fingerprint density at radius 2 is 1.77 bits per heavy atom. The number of rotatable bonds is 3. The Hall–Kier alpha value is -0.350. The van der Waals surface area contributed by atoms with Gasteiger partial charge < -0.3 is 0 Å². The number of hydrogen-bond donors (Lipinski definition) is 0. The standard InChI is InChI=1S/C12H19P/c1-5-8-13-12-7-6-9(2)10(3)11(12)4/h6-7,13H,5,8H2,1-4H3. The lowest BCUT2D eigenvalue weighted by Gasteiger charge is -2.10. The summed E-state index contributed by atoms with van der Waals surface area (Å²) in [6.45, 7) is 8.92. The monoisotopic (exact) mass is 194 g/mol.